The second-order valence-electron chi connectivity index (χ2n) is 6.37. The van der Waals surface area contributed by atoms with Gasteiger partial charge in [-0.25, -0.2) is 4.98 Å². The molecule has 2 aromatic rings. The molecular formula is C16H21N3OS. The number of rotatable bonds is 3. The molecule has 0 amide bonds. The molecule has 112 valence electrons. The van der Waals surface area contributed by atoms with E-state index in [0.717, 1.165) is 35.7 Å². The maximum atomic E-state index is 12.1. The first-order chi connectivity index (χ1) is 10.3. The van der Waals surface area contributed by atoms with Crippen LogP contribution in [0.5, 0.6) is 0 Å². The fourth-order valence-corrected chi connectivity index (χ4v) is 4.84. The minimum Gasteiger partial charge on any atom is -0.294 e. The highest BCUT2D eigenvalue weighted by Gasteiger charge is 2.33. The summed E-state index contributed by atoms with van der Waals surface area (Å²) in [5, 5.41) is 1.92. The largest absolute Gasteiger partial charge is 0.294 e. The molecule has 1 unspecified atom stereocenters. The zero-order chi connectivity index (χ0) is 14.2. The van der Waals surface area contributed by atoms with Crippen molar-refractivity contribution in [2.45, 2.75) is 51.1 Å². The Labute approximate surface area is 128 Å². The van der Waals surface area contributed by atoms with E-state index in [-0.39, 0.29) is 5.56 Å². The number of aromatic nitrogens is 2. The van der Waals surface area contributed by atoms with Crippen LogP contribution in [0.4, 0.5) is 0 Å². The fraction of sp³-hybridized carbons (Fsp3) is 0.625. The number of hydrogen-bond acceptors (Lipinski definition) is 4. The molecule has 0 bridgehead atoms. The van der Waals surface area contributed by atoms with E-state index < -0.39 is 0 Å². The average molecular weight is 303 g/mol. The number of hydrogen-bond donors (Lipinski definition) is 0. The average Bonchev–Trinajstić information content (AvgIpc) is 3.19. The first-order valence-electron chi connectivity index (χ1n) is 8.01. The van der Waals surface area contributed by atoms with Gasteiger partial charge in [-0.05, 0) is 38.1 Å². The molecule has 0 spiro atoms. The third-order valence-corrected chi connectivity index (χ3v) is 5.84. The van der Waals surface area contributed by atoms with Gasteiger partial charge in [-0.1, -0.05) is 12.8 Å². The van der Waals surface area contributed by atoms with Gasteiger partial charge in [0.15, 0.2) is 4.96 Å². The van der Waals surface area contributed by atoms with Gasteiger partial charge < -0.3 is 0 Å². The standard InChI is InChI=1S/C16H21N3OS/c20-15-10-13(17-16-19(15)8-9-21-16)11-18-7-3-6-14(18)12-4-1-2-5-12/h8-10,12,14H,1-7,11H2. The molecule has 0 radical (unpaired) electrons. The van der Waals surface area contributed by atoms with Crippen LogP contribution < -0.4 is 5.56 Å². The smallest absolute Gasteiger partial charge is 0.258 e. The highest BCUT2D eigenvalue weighted by molar-refractivity contribution is 7.15. The third-order valence-electron chi connectivity index (χ3n) is 5.08. The van der Waals surface area contributed by atoms with Gasteiger partial charge in [0.05, 0.1) is 5.69 Å². The van der Waals surface area contributed by atoms with Crippen molar-refractivity contribution in [1.82, 2.24) is 14.3 Å². The van der Waals surface area contributed by atoms with Gasteiger partial charge >= 0.3 is 0 Å². The summed E-state index contributed by atoms with van der Waals surface area (Å²) in [5.74, 6) is 0.874. The van der Waals surface area contributed by atoms with Crippen molar-refractivity contribution in [3.63, 3.8) is 0 Å². The summed E-state index contributed by atoms with van der Waals surface area (Å²) in [6.07, 6.45) is 10.00. The minimum atomic E-state index is 0.0489. The zero-order valence-corrected chi connectivity index (χ0v) is 13.0. The van der Waals surface area contributed by atoms with E-state index in [2.05, 4.69) is 9.88 Å². The lowest BCUT2D eigenvalue weighted by molar-refractivity contribution is 0.181. The molecule has 4 nitrogen and oxygen atoms in total. The van der Waals surface area contributed by atoms with Crippen LogP contribution >= 0.6 is 11.3 Å². The molecule has 1 aliphatic heterocycles. The molecule has 1 saturated heterocycles. The van der Waals surface area contributed by atoms with Crippen molar-refractivity contribution in [3.05, 3.63) is 33.7 Å². The van der Waals surface area contributed by atoms with Crippen molar-refractivity contribution in [1.29, 1.82) is 0 Å². The molecule has 0 N–H and O–H groups in total. The molecule has 3 heterocycles. The molecule has 1 aliphatic carbocycles. The van der Waals surface area contributed by atoms with E-state index in [1.807, 2.05) is 5.38 Å². The predicted molar refractivity (Wildman–Crippen MR) is 84.7 cm³/mol. The van der Waals surface area contributed by atoms with Crippen molar-refractivity contribution in [3.8, 4) is 0 Å². The van der Waals surface area contributed by atoms with Crippen LogP contribution in [0.15, 0.2) is 22.4 Å². The Balaban J connectivity index is 1.57. The Morgan fingerprint density at radius 2 is 2.10 bits per heavy atom. The van der Waals surface area contributed by atoms with E-state index in [4.69, 9.17) is 0 Å². The van der Waals surface area contributed by atoms with Crippen LogP contribution in [-0.4, -0.2) is 26.9 Å². The van der Waals surface area contributed by atoms with Crippen LogP contribution in [0.3, 0.4) is 0 Å². The van der Waals surface area contributed by atoms with E-state index >= 15 is 0 Å². The first-order valence-corrected chi connectivity index (χ1v) is 8.89. The van der Waals surface area contributed by atoms with Crippen molar-refractivity contribution >= 4 is 16.3 Å². The first kappa shape index (κ1) is 13.5. The highest BCUT2D eigenvalue weighted by atomic mass is 32.1. The predicted octanol–water partition coefficient (Wildman–Crippen LogP) is 2.91. The molecule has 2 aromatic heterocycles. The molecule has 21 heavy (non-hydrogen) atoms. The Morgan fingerprint density at radius 3 is 2.95 bits per heavy atom. The number of likely N-dealkylation sites (tertiary alicyclic amines) is 1. The Morgan fingerprint density at radius 1 is 1.24 bits per heavy atom. The van der Waals surface area contributed by atoms with Gasteiger partial charge in [0.25, 0.3) is 5.56 Å². The summed E-state index contributed by atoms with van der Waals surface area (Å²) in [7, 11) is 0. The normalized spacial score (nSPS) is 24.3. The van der Waals surface area contributed by atoms with E-state index in [9.17, 15) is 4.79 Å². The molecule has 0 aromatic carbocycles. The van der Waals surface area contributed by atoms with E-state index in [1.165, 1.54) is 49.9 Å². The molecule has 5 heteroatoms. The highest BCUT2D eigenvalue weighted by Crippen LogP contribution is 2.35. The summed E-state index contributed by atoms with van der Waals surface area (Å²) in [4.78, 5) is 20.1. The SMILES string of the molecule is O=c1cc(CN2CCCC2C2CCCC2)nc2sccn12. The molecule has 4 rings (SSSR count). The van der Waals surface area contributed by atoms with Gasteiger partial charge in [-0.15, -0.1) is 11.3 Å². The monoisotopic (exact) mass is 303 g/mol. The lowest BCUT2D eigenvalue weighted by Gasteiger charge is -2.29. The minimum absolute atomic E-state index is 0.0489. The van der Waals surface area contributed by atoms with Gasteiger partial charge in [0, 0.05) is 30.2 Å². The zero-order valence-electron chi connectivity index (χ0n) is 12.2. The third kappa shape index (κ3) is 2.53. The van der Waals surface area contributed by atoms with Gasteiger partial charge in [-0.3, -0.25) is 14.1 Å². The van der Waals surface area contributed by atoms with Gasteiger partial charge in [0.2, 0.25) is 0 Å². The Bertz CT molecular complexity index is 686. The molecule has 2 aliphatic rings. The van der Waals surface area contributed by atoms with Crippen molar-refractivity contribution in [2.24, 2.45) is 5.92 Å². The summed E-state index contributed by atoms with van der Waals surface area (Å²) in [6.45, 7) is 2.00. The van der Waals surface area contributed by atoms with Crippen LogP contribution in [0.25, 0.3) is 4.96 Å². The summed E-state index contributed by atoms with van der Waals surface area (Å²) < 4.78 is 1.63. The Kier molecular flexibility index (Phi) is 3.55. The fourth-order valence-electron chi connectivity index (χ4n) is 4.10. The quantitative estimate of drug-likeness (QED) is 0.875. The van der Waals surface area contributed by atoms with Gasteiger partial charge in [0.1, 0.15) is 0 Å². The number of thiazole rings is 1. The summed E-state index contributed by atoms with van der Waals surface area (Å²) in [5.41, 5.74) is 0.986. The second kappa shape index (κ2) is 5.54. The maximum absolute atomic E-state index is 12.1. The number of nitrogens with zero attached hydrogens (tertiary/aromatic N) is 3. The van der Waals surface area contributed by atoms with Crippen molar-refractivity contribution in [2.75, 3.05) is 6.54 Å². The van der Waals surface area contributed by atoms with Crippen molar-refractivity contribution < 1.29 is 0 Å². The molecule has 2 fully saturated rings. The lowest BCUT2D eigenvalue weighted by Crippen LogP contribution is -2.34. The Hall–Kier alpha value is -1.20. The molecular weight excluding hydrogens is 282 g/mol. The number of fused-ring (bicyclic) bond motifs is 1. The van der Waals surface area contributed by atoms with E-state index in [1.54, 1.807) is 16.7 Å². The van der Waals surface area contributed by atoms with E-state index in [0.29, 0.717) is 0 Å². The summed E-state index contributed by atoms with van der Waals surface area (Å²) >= 11 is 1.53. The molecule has 1 saturated carbocycles. The lowest BCUT2D eigenvalue weighted by atomic mass is 9.96. The van der Waals surface area contributed by atoms with Crippen LogP contribution in [0, 0.1) is 5.92 Å². The van der Waals surface area contributed by atoms with Crippen LogP contribution in [0.2, 0.25) is 0 Å². The topological polar surface area (TPSA) is 37.6 Å². The summed E-state index contributed by atoms with van der Waals surface area (Å²) in [6, 6.07) is 2.43. The second-order valence-corrected chi connectivity index (χ2v) is 7.24. The van der Waals surface area contributed by atoms with Gasteiger partial charge in [-0.2, -0.15) is 0 Å². The molecule has 1 atom stereocenters. The van der Waals surface area contributed by atoms with Crippen LogP contribution in [0.1, 0.15) is 44.2 Å². The maximum Gasteiger partial charge on any atom is 0.258 e. The van der Waals surface area contributed by atoms with Crippen LogP contribution in [-0.2, 0) is 6.54 Å².